The SMILES string of the molecule is CC(=O)O[C@H]1C=C[C@@H](OC(=O)CC(=O)O[C@@H]2C=C[C@H](OC(C)=O)C2)C1. The highest BCUT2D eigenvalue weighted by molar-refractivity contribution is 5.91. The maximum absolute atomic E-state index is 11.8. The summed E-state index contributed by atoms with van der Waals surface area (Å²) in [6.07, 6.45) is 4.70. The highest BCUT2D eigenvalue weighted by atomic mass is 16.6. The molecule has 8 heteroatoms. The summed E-state index contributed by atoms with van der Waals surface area (Å²) in [4.78, 5) is 45.3. The van der Waals surface area contributed by atoms with Crippen LogP contribution in [0.2, 0.25) is 0 Å². The molecule has 0 radical (unpaired) electrons. The maximum atomic E-state index is 11.8. The van der Waals surface area contributed by atoms with Gasteiger partial charge in [0.25, 0.3) is 0 Å². The molecular weight excluding hydrogens is 332 g/mol. The minimum absolute atomic E-state index is 0.329. The van der Waals surface area contributed by atoms with E-state index in [2.05, 4.69) is 0 Å². The summed E-state index contributed by atoms with van der Waals surface area (Å²) in [5.74, 6) is -2.27. The van der Waals surface area contributed by atoms with E-state index in [9.17, 15) is 19.2 Å². The Morgan fingerprint density at radius 1 is 0.680 bits per heavy atom. The van der Waals surface area contributed by atoms with Gasteiger partial charge in [0, 0.05) is 26.7 Å². The van der Waals surface area contributed by atoms with Gasteiger partial charge in [-0.05, 0) is 24.3 Å². The molecule has 2 aliphatic carbocycles. The monoisotopic (exact) mass is 352 g/mol. The minimum Gasteiger partial charge on any atom is -0.458 e. The molecule has 0 unspecified atom stereocenters. The van der Waals surface area contributed by atoms with Crippen LogP contribution in [0.15, 0.2) is 24.3 Å². The van der Waals surface area contributed by atoms with E-state index >= 15 is 0 Å². The van der Waals surface area contributed by atoms with E-state index in [1.165, 1.54) is 13.8 Å². The predicted octanol–water partition coefficient (Wildman–Crippen LogP) is 0.983. The van der Waals surface area contributed by atoms with Crippen molar-refractivity contribution < 1.29 is 38.1 Å². The summed E-state index contributed by atoms with van der Waals surface area (Å²) in [7, 11) is 0. The van der Waals surface area contributed by atoms with Crippen LogP contribution < -0.4 is 0 Å². The lowest BCUT2D eigenvalue weighted by atomic mass is 10.2. The third-order valence-corrected chi connectivity index (χ3v) is 3.50. The third-order valence-electron chi connectivity index (χ3n) is 3.50. The Bertz CT molecular complexity index is 554. The molecular formula is C17H20O8. The summed E-state index contributed by atoms with van der Waals surface area (Å²) < 4.78 is 20.2. The number of hydrogen-bond donors (Lipinski definition) is 0. The van der Waals surface area contributed by atoms with E-state index < -0.39 is 54.7 Å². The van der Waals surface area contributed by atoms with Crippen LogP contribution in [-0.2, 0) is 38.1 Å². The zero-order chi connectivity index (χ0) is 18.4. The molecule has 0 saturated carbocycles. The van der Waals surface area contributed by atoms with Gasteiger partial charge >= 0.3 is 23.9 Å². The number of esters is 4. The van der Waals surface area contributed by atoms with E-state index in [0.717, 1.165) is 0 Å². The molecule has 0 saturated heterocycles. The van der Waals surface area contributed by atoms with Crippen LogP contribution in [0.1, 0.15) is 33.1 Å². The molecule has 8 nitrogen and oxygen atoms in total. The summed E-state index contributed by atoms with van der Waals surface area (Å²) in [5.41, 5.74) is 0. The zero-order valence-corrected chi connectivity index (χ0v) is 14.0. The summed E-state index contributed by atoms with van der Waals surface area (Å²) in [6, 6.07) is 0. The topological polar surface area (TPSA) is 105 Å². The van der Waals surface area contributed by atoms with Crippen LogP contribution in [0.5, 0.6) is 0 Å². The molecule has 0 heterocycles. The van der Waals surface area contributed by atoms with Crippen molar-refractivity contribution in [1.29, 1.82) is 0 Å². The molecule has 0 fully saturated rings. The first-order valence-corrected chi connectivity index (χ1v) is 7.92. The second kappa shape index (κ2) is 8.46. The predicted molar refractivity (Wildman–Crippen MR) is 83.0 cm³/mol. The van der Waals surface area contributed by atoms with Crippen molar-refractivity contribution in [3.05, 3.63) is 24.3 Å². The van der Waals surface area contributed by atoms with E-state index in [1.807, 2.05) is 0 Å². The number of ether oxygens (including phenoxy) is 4. The molecule has 2 aliphatic rings. The van der Waals surface area contributed by atoms with Gasteiger partial charge in [0.1, 0.15) is 30.8 Å². The summed E-state index contributed by atoms with van der Waals surface area (Å²) in [6.45, 7) is 2.60. The number of carbonyl (C=O) groups excluding carboxylic acids is 4. The lowest BCUT2D eigenvalue weighted by Crippen LogP contribution is -2.24. The van der Waals surface area contributed by atoms with Crippen LogP contribution in [0, 0.1) is 0 Å². The van der Waals surface area contributed by atoms with Crippen LogP contribution in [0.3, 0.4) is 0 Å². The fourth-order valence-electron chi connectivity index (χ4n) is 2.58. The summed E-state index contributed by atoms with van der Waals surface area (Å²) in [5, 5.41) is 0. The Morgan fingerprint density at radius 3 is 1.32 bits per heavy atom. The fourth-order valence-corrected chi connectivity index (χ4v) is 2.58. The zero-order valence-electron chi connectivity index (χ0n) is 14.0. The Balaban J connectivity index is 1.67. The molecule has 0 spiro atoms. The molecule has 25 heavy (non-hydrogen) atoms. The maximum Gasteiger partial charge on any atom is 0.317 e. The highest BCUT2D eigenvalue weighted by Gasteiger charge is 2.27. The Morgan fingerprint density at radius 2 is 1.00 bits per heavy atom. The highest BCUT2D eigenvalue weighted by Crippen LogP contribution is 2.20. The van der Waals surface area contributed by atoms with Crippen LogP contribution in [0.4, 0.5) is 0 Å². The quantitative estimate of drug-likeness (QED) is 0.301. The van der Waals surface area contributed by atoms with Gasteiger partial charge in [-0.25, -0.2) is 0 Å². The standard InChI is InChI=1S/C17H20O8/c1-10(18)22-12-3-5-14(7-12)24-16(20)9-17(21)25-15-6-4-13(8-15)23-11(2)19/h3-6,12-15H,7-9H2,1-2H3/t12-,13-,14+,15+/m0/s1. The second-order valence-electron chi connectivity index (χ2n) is 5.77. The van der Waals surface area contributed by atoms with E-state index in [0.29, 0.717) is 12.8 Å². The van der Waals surface area contributed by atoms with Gasteiger partial charge in [-0.3, -0.25) is 19.2 Å². The van der Waals surface area contributed by atoms with Gasteiger partial charge in [-0.2, -0.15) is 0 Å². The van der Waals surface area contributed by atoms with Crippen molar-refractivity contribution in [1.82, 2.24) is 0 Å². The average Bonchev–Trinajstić information content (AvgIpc) is 3.07. The molecule has 0 bridgehead atoms. The van der Waals surface area contributed by atoms with Crippen molar-refractivity contribution in [3.8, 4) is 0 Å². The van der Waals surface area contributed by atoms with Gasteiger partial charge in [0.15, 0.2) is 0 Å². The molecule has 0 aromatic heterocycles. The number of rotatable bonds is 6. The van der Waals surface area contributed by atoms with Gasteiger partial charge < -0.3 is 18.9 Å². The Labute approximate surface area is 144 Å². The first-order valence-electron chi connectivity index (χ1n) is 7.92. The Hall–Kier alpha value is -2.64. The van der Waals surface area contributed by atoms with Gasteiger partial charge in [0.05, 0.1) is 0 Å². The van der Waals surface area contributed by atoms with Crippen molar-refractivity contribution in [2.45, 2.75) is 57.5 Å². The van der Waals surface area contributed by atoms with E-state index in [1.54, 1.807) is 24.3 Å². The molecule has 0 amide bonds. The molecule has 2 rings (SSSR count). The van der Waals surface area contributed by atoms with Gasteiger partial charge in [0.2, 0.25) is 0 Å². The molecule has 136 valence electrons. The first kappa shape index (κ1) is 18.7. The molecule has 0 aliphatic heterocycles. The largest absolute Gasteiger partial charge is 0.458 e. The average molecular weight is 352 g/mol. The van der Waals surface area contributed by atoms with Crippen LogP contribution in [0.25, 0.3) is 0 Å². The molecule has 0 aromatic rings. The smallest absolute Gasteiger partial charge is 0.317 e. The molecule has 0 N–H and O–H groups in total. The fraction of sp³-hybridized carbons (Fsp3) is 0.529. The van der Waals surface area contributed by atoms with Crippen LogP contribution in [-0.4, -0.2) is 48.3 Å². The Kier molecular flexibility index (Phi) is 6.32. The second-order valence-corrected chi connectivity index (χ2v) is 5.77. The summed E-state index contributed by atoms with van der Waals surface area (Å²) >= 11 is 0. The lowest BCUT2D eigenvalue weighted by molar-refractivity contribution is -0.158. The van der Waals surface area contributed by atoms with E-state index in [4.69, 9.17) is 18.9 Å². The molecule has 0 aromatic carbocycles. The minimum atomic E-state index is -0.721. The normalized spacial score (nSPS) is 27.0. The van der Waals surface area contributed by atoms with Crippen molar-refractivity contribution >= 4 is 23.9 Å². The first-order chi connectivity index (χ1) is 11.8. The van der Waals surface area contributed by atoms with Crippen molar-refractivity contribution in [2.75, 3.05) is 0 Å². The van der Waals surface area contributed by atoms with E-state index in [-0.39, 0.29) is 0 Å². The van der Waals surface area contributed by atoms with Gasteiger partial charge in [-0.15, -0.1) is 0 Å². The van der Waals surface area contributed by atoms with Gasteiger partial charge in [-0.1, -0.05) is 0 Å². The van der Waals surface area contributed by atoms with Crippen LogP contribution >= 0.6 is 0 Å². The molecule has 4 atom stereocenters. The third kappa shape index (κ3) is 6.40. The number of carbonyl (C=O) groups is 4. The van der Waals surface area contributed by atoms with Crippen molar-refractivity contribution in [2.24, 2.45) is 0 Å². The van der Waals surface area contributed by atoms with Crippen molar-refractivity contribution in [3.63, 3.8) is 0 Å². The lowest BCUT2D eigenvalue weighted by Gasteiger charge is -2.15. The number of hydrogen-bond acceptors (Lipinski definition) is 8.